The van der Waals surface area contributed by atoms with Crippen LogP contribution < -0.4 is 5.73 Å². The summed E-state index contributed by atoms with van der Waals surface area (Å²) in [7, 11) is 1.50. The van der Waals surface area contributed by atoms with Gasteiger partial charge in [-0.3, -0.25) is 0 Å². The van der Waals surface area contributed by atoms with Crippen molar-refractivity contribution in [3.63, 3.8) is 0 Å². The van der Waals surface area contributed by atoms with Gasteiger partial charge < -0.3 is 11.1 Å². The maximum atomic E-state index is 8.46. The molecule has 3 aliphatic rings. The maximum absolute atomic E-state index is 8.46. The minimum absolute atomic E-state index is 0.116. The Morgan fingerprint density at radius 1 is 0.538 bits per heavy atom. The molecule has 318 valence electrons. The van der Waals surface area contributed by atoms with E-state index < -0.39 is 5.41 Å². The topological polar surface area (TPSA) is 49.9 Å². The highest BCUT2D eigenvalue weighted by molar-refractivity contribution is 7.20. The Labute approximate surface area is 388 Å². The molecule has 12 rings (SSSR count). The molecule has 0 bridgehead atoms. The average Bonchev–Trinajstić information content (AvgIpc) is 3.90. The molecule has 0 fully saturated rings. The molecule has 1 heterocycles. The van der Waals surface area contributed by atoms with E-state index >= 15 is 0 Å². The van der Waals surface area contributed by atoms with Crippen molar-refractivity contribution in [3.8, 4) is 22.3 Å². The average molecular weight is 859 g/mol. The first-order chi connectivity index (χ1) is 31.9. The minimum Gasteiger partial charge on any atom is -0.333 e. The third-order valence-corrected chi connectivity index (χ3v) is 15.4. The second kappa shape index (κ2) is 17.2. The lowest BCUT2D eigenvalue weighted by Crippen LogP contribution is -2.40. The fourth-order valence-corrected chi connectivity index (χ4v) is 12.3. The van der Waals surface area contributed by atoms with E-state index in [9.17, 15) is 0 Å². The number of hydrogen-bond acceptors (Lipinski definition) is 3. The van der Waals surface area contributed by atoms with Gasteiger partial charge >= 0.3 is 0 Å². The minimum atomic E-state index is -0.426. The second-order valence-electron chi connectivity index (χ2n) is 17.9. The van der Waals surface area contributed by atoms with Gasteiger partial charge in [0, 0.05) is 32.7 Å². The van der Waals surface area contributed by atoms with Crippen LogP contribution in [0.4, 0.5) is 0 Å². The summed E-state index contributed by atoms with van der Waals surface area (Å²) in [6.07, 6.45) is 6.09. The van der Waals surface area contributed by atoms with Gasteiger partial charge in [-0.2, -0.15) is 0 Å². The molecule has 0 saturated heterocycles. The van der Waals surface area contributed by atoms with E-state index in [1.807, 2.05) is 11.3 Å². The maximum Gasteiger partial charge on any atom is 0.0719 e. The van der Waals surface area contributed by atoms with Crippen LogP contribution in [-0.4, -0.2) is 13.3 Å². The number of fused-ring (bicyclic) bond motifs is 12. The van der Waals surface area contributed by atoms with Crippen molar-refractivity contribution in [2.45, 2.75) is 50.4 Å². The Kier molecular flexibility index (Phi) is 11.2. The first-order valence-corrected chi connectivity index (χ1v) is 23.7. The zero-order valence-electron chi connectivity index (χ0n) is 37.6. The van der Waals surface area contributed by atoms with Crippen LogP contribution in [0.5, 0.6) is 0 Å². The quantitative estimate of drug-likeness (QED) is 0.166. The zero-order chi connectivity index (χ0) is 44.7. The molecule has 1 atom stereocenters. The van der Waals surface area contributed by atoms with E-state index in [4.69, 9.17) is 5.41 Å². The van der Waals surface area contributed by atoms with E-state index in [1.165, 1.54) is 105 Å². The van der Waals surface area contributed by atoms with E-state index in [-0.39, 0.29) is 5.41 Å². The highest BCUT2D eigenvalue weighted by atomic mass is 32.1. The monoisotopic (exact) mass is 858 g/mol. The summed E-state index contributed by atoms with van der Waals surface area (Å²) in [5.74, 6) is 0.432. The molecule has 65 heavy (non-hydrogen) atoms. The van der Waals surface area contributed by atoms with E-state index in [0.717, 1.165) is 18.4 Å². The fraction of sp³-hybridized carbons (Fsp3) is 0.145. The zero-order valence-corrected chi connectivity index (χ0v) is 38.4. The molecule has 8 aromatic carbocycles. The first kappa shape index (κ1) is 42.1. The standard InChI is InChI=1S/C41H31NS.C20H18.CH5N/c1-40(2)32-12-4-6-14-34(32)41(35-15-7-5-13-33(35)40)31-21-19-25(22-30(31)39-27(24-42)10-9-16-36(39)41)26-18-20-29-28-11-3-8-17-37(28)43-38(29)23-26;1-16(17-8-4-2-5-9-17)18-12-14-20(15-13-18)19-10-6-3-7-11-19;1-2/h3-17,19,21-24,42H,18,20H2,1-2H3;2-16H,1H3;2H2,1H3. The molecular weight excluding hydrogens is 805 g/mol. The van der Waals surface area contributed by atoms with Crippen molar-refractivity contribution in [2.75, 3.05) is 7.05 Å². The number of aryl methyl sites for hydroxylation is 1. The predicted octanol–water partition coefficient (Wildman–Crippen LogP) is 15.5. The van der Waals surface area contributed by atoms with Gasteiger partial charge in [0.1, 0.15) is 0 Å². The Morgan fingerprint density at radius 2 is 1.09 bits per heavy atom. The molecule has 1 spiro atoms. The van der Waals surface area contributed by atoms with E-state index in [1.54, 1.807) is 6.21 Å². The molecule has 2 nitrogen and oxygen atoms in total. The van der Waals surface area contributed by atoms with Crippen LogP contribution in [0.3, 0.4) is 0 Å². The van der Waals surface area contributed by atoms with Crippen LogP contribution in [0, 0.1) is 5.41 Å². The number of benzene rings is 8. The fourth-order valence-electron chi connectivity index (χ4n) is 11.0. The summed E-state index contributed by atoms with van der Waals surface area (Å²) < 4.78 is 1.38. The largest absolute Gasteiger partial charge is 0.333 e. The molecule has 0 amide bonds. The second-order valence-corrected chi connectivity index (χ2v) is 19.0. The normalized spacial score (nSPS) is 14.8. The summed E-state index contributed by atoms with van der Waals surface area (Å²) in [5.41, 5.74) is 25.0. The summed E-state index contributed by atoms with van der Waals surface area (Å²) in [6.45, 7) is 6.99. The van der Waals surface area contributed by atoms with Crippen LogP contribution in [-0.2, 0) is 17.3 Å². The SMILES string of the molecule is CC(c1ccccc1)c1ccc(-c2ccccc2)cc1.CC1(C)c2ccccc2C2(c3ccc(C4=Cc5sc6ccccc6c5CC4)cc3-c3c(C=N)cccc32)c2ccccc21.CN. The Morgan fingerprint density at radius 3 is 1.77 bits per heavy atom. The number of allylic oxidation sites excluding steroid dienone is 1. The lowest BCUT2D eigenvalue weighted by atomic mass is 9.55. The number of nitrogens with one attached hydrogen (secondary N) is 1. The third kappa shape index (κ3) is 6.93. The van der Waals surface area contributed by atoms with Gasteiger partial charge in [-0.25, -0.2) is 0 Å². The molecule has 3 N–H and O–H groups in total. The first-order valence-electron chi connectivity index (χ1n) is 22.9. The van der Waals surface area contributed by atoms with Crippen molar-refractivity contribution in [3.05, 3.63) is 260 Å². The Balaban J connectivity index is 0.000000190. The summed E-state index contributed by atoms with van der Waals surface area (Å²) >= 11 is 1.91. The molecule has 3 heteroatoms. The molecule has 1 unspecified atom stereocenters. The molecule has 9 aromatic rings. The molecular formula is C62H54N2S. The highest BCUT2D eigenvalue weighted by Gasteiger charge is 2.53. The molecule has 3 aliphatic carbocycles. The highest BCUT2D eigenvalue weighted by Crippen LogP contribution is 2.62. The molecule has 0 aliphatic heterocycles. The lowest BCUT2D eigenvalue weighted by molar-refractivity contribution is 0.563. The Hall–Kier alpha value is -6.91. The smallest absolute Gasteiger partial charge is 0.0719 e. The lowest BCUT2D eigenvalue weighted by Gasteiger charge is -2.46. The van der Waals surface area contributed by atoms with Gasteiger partial charge in [-0.1, -0.05) is 203 Å². The van der Waals surface area contributed by atoms with Gasteiger partial charge in [0.2, 0.25) is 0 Å². The number of rotatable bonds is 5. The van der Waals surface area contributed by atoms with Gasteiger partial charge in [0.05, 0.1) is 5.41 Å². The van der Waals surface area contributed by atoms with Crippen LogP contribution in [0.15, 0.2) is 194 Å². The van der Waals surface area contributed by atoms with Crippen molar-refractivity contribution in [1.29, 1.82) is 5.41 Å². The van der Waals surface area contributed by atoms with Gasteiger partial charge in [-0.15, -0.1) is 11.3 Å². The molecule has 0 saturated carbocycles. The van der Waals surface area contributed by atoms with Crippen LogP contribution in [0.2, 0.25) is 0 Å². The van der Waals surface area contributed by atoms with Gasteiger partial charge in [0.15, 0.2) is 0 Å². The summed E-state index contributed by atoms with van der Waals surface area (Å²) in [5, 5.41) is 9.87. The third-order valence-electron chi connectivity index (χ3n) is 14.2. The number of hydrogen-bond donors (Lipinski definition) is 2. The number of nitrogens with two attached hydrogens (primary N) is 1. The number of thiophene rings is 1. The van der Waals surface area contributed by atoms with E-state index in [0.29, 0.717) is 5.92 Å². The van der Waals surface area contributed by atoms with Gasteiger partial charge in [0.25, 0.3) is 0 Å². The van der Waals surface area contributed by atoms with Crippen molar-refractivity contribution in [1.82, 2.24) is 0 Å². The van der Waals surface area contributed by atoms with Crippen molar-refractivity contribution < 1.29 is 0 Å². The molecule has 0 radical (unpaired) electrons. The van der Waals surface area contributed by atoms with Crippen LogP contribution in [0.1, 0.15) is 99.2 Å². The summed E-state index contributed by atoms with van der Waals surface area (Å²) in [6, 6.07) is 70.8. The van der Waals surface area contributed by atoms with Crippen molar-refractivity contribution >= 4 is 39.3 Å². The summed E-state index contributed by atoms with van der Waals surface area (Å²) in [4.78, 5) is 1.40. The van der Waals surface area contributed by atoms with Crippen molar-refractivity contribution in [2.24, 2.45) is 5.73 Å². The molecule has 1 aromatic heterocycles. The van der Waals surface area contributed by atoms with Crippen LogP contribution >= 0.6 is 11.3 Å². The Bertz CT molecular complexity index is 3180. The predicted molar refractivity (Wildman–Crippen MR) is 278 cm³/mol. The van der Waals surface area contributed by atoms with Gasteiger partial charge in [-0.05, 0) is 127 Å². The van der Waals surface area contributed by atoms with Crippen LogP contribution in [0.25, 0.3) is 44.0 Å². The van der Waals surface area contributed by atoms with E-state index in [2.05, 4.69) is 227 Å².